The SMILES string of the molecule is CC(C)OCC(=O)NC1CCOCC1. The fourth-order valence-electron chi connectivity index (χ4n) is 1.35. The molecule has 4 nitrogen and oxygen atoms in total. The maximum atomic E-state index is 11.3. The largest absolute Gasteiger partial charge is 0.381 e. The molecule has 1 fully saturated rings. The van der Waals surface area contributed by atoms with E-state index in [9.17, 15) is 4.79 Å². The van der Waals surface area contributed by atoms with E-state index in [0.717, 1.165) is 26.1 Å². The molecule has 1 N–H and O–H groups in total. The highest BCUT2D eigenvalue weighted by atomic mass is 16.5. The van der Waals surface area contributed by atoms with Gasteiger partial charge in [0.1, 0.15) is 6.61 Å². The smallest absolute Gasteiger partial charge is 0.246 e. The Morgan fingerprint density at radius 1 is 1.50 bits per heavy atom. The van der Waals surface area contributed by atoms with Crippen LogP contribution in [0.2, 0.25) is 0 Å². The van der Waals surface area contributed by atoms with Gasteiger partial charge >= 0.3 is 0 Å². The van der Waals surface area contributed by atoms with E-state index in [1.807, 2.05) is 13.8 Å². The first-order chi connectivity index (χ1) is 6.68. The van der Waals surface area contributed by atoms with Gasteiger partial charge in [0.05, 0.1) is 6.10 Å². The molecular weight excluding hydrogens is 182 g/mol. The molecule has 0 unspecified atom stereocenters. The molecule has 82 valence electrons. The van der Waals surface area contributed by atoms with Gasteiger partial charge in [0.15, 0.2) is 0 Å². The molecule has 1 aliphatic heterocycles. The number of amides is 1. The average Bonchev–Trinajstić information content (AvgIpc) is 2.16. The van der Waals surface area contributed by atoms with Crippen LogP contribution in [0.3, 0.4) is 0 Å². The first-order valence-corrected chi connectivity index (χ1v) is 5.17. The summed E-state index contributed by atoms with van der Waals surface area (Å²) in [6.45, 7) is 5.49. The molecule has 0 spiro atoms. The number of carbonyl (C=O) groups is 1. The molecule has 1 aliphatic rings. The molecule has 0 aromatic carbocycles. The first-order valence-electron chi connectivity index (χ1n) is 5.17. The fraction of sp³-hybridized carbons (Fsp3) is 0.900. The standard InChI is InChI=1S/C10H19NO3/c1-8(2)14-7-10(12)11-9-3-5-13-6-4-9/h8-9H,3-7H2,1-2H3,(H,11,12). The van der Waals surface area contributed by atoms with Crippen molar-refractivity contribution in [2.75, 3.05) is 19.8 Å². The lowest BCUT2D eigenvalue weighted by Gasteiger charge is -2.23. The maximum Gasteiger partial charge on any atom is 0.246 e. The molecule has 0 atom stereocenters. The third-order valence-electron chi connectivity index (χ3n) is 2.13. The monoisotopic (exact) mass is 201 g/mol. The lowest BCUT2D eigenvalue weighted by Crippen LogP contribution is -2.40. The summed E-state index contributed by atoms with van der Waals surface area (Å²) in [6.07, 6.45) is 1.93. The van der Waals surface area contributed by atoms with Crippen LogP contribution in [0, 0.1) is 0 Å². The molecule has 0 aromatic rings. The fourth-order valence-corrected chi connectivity index (χ4v) is 1.35. The zero-order valence-electron chi connectivity index (χ0n) is 8.91. The van der Waals surface area contributed by atoms with Gasteiger partial charge < -0.3 is 14.8 Å². The van der Waals surface area contributed by atoms with Gasteiger partial charge in [-0.25, -0.2) is 0 Å². The Kier molecular flexibility index (Phi) is 4.90. The van der Waals surface area contributed by atoms with E-state index in [1.54, 1.807) is 0 Å². The van der Waals surface area contributed by atoms with E-state index in [1.165, 1.54) is 0 Å². The van der Waals surface area contributed by atoms with E-state index in [-0.39, 0.29) is 24.7 Å². The Hall–Kier alpha value is -0.610. The van der Waals surface area contributed by atoms with Crippen molar-refractivity contribution >= 4 is 5.91 Å². The second-order valence-electron chi connectivity index (χ2n) is 3.81. The average molecular weight is 201 g/mol. The summed E-state index contributed by atoms with van der Waals surface area (Å²) in [5, 5.41) is 2.93. The Morgan fingerprint density at radius 3 is 2.71 bits per heavy atom. The molecular formula is C10H19NO3. The van der Waals surface area contributed by atoms with Gasteiger partial charge in [-0.15, -0.1) is 0 Å². The highest BCUT2D eigenvalue weighted by Gasteiger charge is 2.15. The van der Waals surface area contributed by atoms with Crippen molar-refractivity contribution < 1.29 is 14.3 Å². The number of ether oxygens (including phenoxy) is 2. The van der Waals surface area contributed by atoms with Gasteiger partial charge in [0.25, 0.3) is 0 Å². The summed E-state index contributed by atoms with van der Waals surface area (Å²) in [5.74, 6) is -0.0226. The van der Waals surface area contributed by atoms with Crippen LogP contribution in [0.4, 0.5) is 0 Å². The van der Waals surface area contributed by atoms with Gasteiger partial charge in [-0.1, -0.05) is 0 Å². The molecule has 0 bridgehead atoms. The minimum Gasteiger partial charge on any atom is -0.381 e. The maximum absolute atomic E-state index is 11.3. The van der Waals surface area contributed by atoms with Crippen molar-refractivity contribution in [2.45, 2.75) is 38.8 Å². The highest BCUT2D eigenvalue weighted by Crippen LogP contribution is 2.05. The number of hydrogen-bond donors (Lipinski definition) is 1. The van der Waals surface area contributed by atoms with Crippen molar-refractivity contribution in [1.29, 1.82) is 0 Å². The molecule has 14 heavy (non-hydrogen) atoms. The normalized spacial score (nSPS) is 18.5. The summed E-state index contributed by atoms with van der Waals surface area (Å²) in [6, 6.07) is 0.270. The second kappa shape index (κ2) is 5.98. The van der Waals surface area contributed by atoms with Crippen molar-refractivity contribution in [1.82, 2.24) is 5.32 Å². The summed E-state index contributed by atoms with van der Waals surface area (Å²) in [5.41, 5.74) is 0. The molecule has 1 heterocycles. The summed E-state index contributed by atoms with van der Waals surface area (Å²) >= 11 is 0. The van der Waals surface area contributed by atoms with Crippen LogP contribution in [-0.2, 0) is 14.3 Å². The van der Waals surface area contributed by atoms with Crippen LogP contribution in [0.5, 0.6) is 0 Å². The Morgan fingerprint density at radius 2 is 2.14 bits per heavy atom. The van der Waals surface area contributed by atoms with Gasteiger partial charge in [0.2, 0.25) is 5.91 Å². The third kappa shape index (κ3) is 4.58. The Labute approximate surface area is 85.0 Å². The highest BCUT2D eigenvalue weighted by molar-refractivity contribution is 5.77. The van der Waals surface area contributed by atoms with Crippen LogP contribution in [-0.4, -0.2) is 37.9 Å². The second-order valence-corrected chi connectivity index (χ2v) is 3.81. The minimum atomic E-state index is -0.0226. The van der Waals surface area contributed by atoms with E-state index >= 15 is 0 Å². The van der Waals surface area contributed by atoms with E-state index in [0.29, 0.717) is 0 Å². The molecule has 1 rings (SSSR count). The number of nitrogens with one attached hydrogen (secondary N) is 1. The van der Waals surface area contributed by atoms with Crippen molar-refractivity contribution in [3.8, 4) is 0 Å². The molecule has 0 radical (unpaired) electrons. The van der Waals surface area contributed by atoms with Crippen LogP contribution in [0.1, 0.15) is 26.7 Å². The third-order valence-corrected chi connectivity index (χ3v) is 2.13. The van der Waals surface area contributed by atoms with Crippen LogP contribution >= 0.6 is 0 Å². The quantitative estimate of drug-likeness (QED) is 0.728. The minimum absolute atomic E-state index is 0.0226. The predicted molar refractivity (Wildman–Crippen MR) is 53.1 cm³/mol. The van der Waals surface area contributed by atoms with Gasteiger partial charge in [-0.3, -0.25) is 4.79 Å². The number of hydrogen-bond acceptors (Lipinski definition) is 3. The first kappa shape index (κ1) is 11.5. The summed E-state index contributed by atoms with van der Waals surface area (Å²) in [7, 11) is 0. The lowest BCUT2D eigenvalue weighted by atomic mass is 10.1. The van der Waals surface area contributed by atoms with E-state index in [2.05, 4.69) is 5.32 Å². The topological polar surface area (TPSA) is 47.6 Å². The number of carbonyl (C=O) groups excluding carboxylic acids is 1. The van der Waals surface area contributed by atoms with Gasteiger partial charge in [-0.2, -0.15) is 0 Å². The summed E-state index contributed by atoms with van der Waals surface area (Å²) < 4.78 is 10.4. The van der Waals surface area contributed by atoms with Crippen LogP contribution < -0.4 is 5.32 Å². The van der Waals surface area contributed by atoms with Crippen molar-refractivity contribution in [2.24, 2.45) is 0 Å². The van der Waals surface area contributed by atoms with Crippen molar-refractivity contribution in [3.63, 3.8) is 0 Å². The Bertz CT molecular complexity index is 176. The molecule has 0 aliphatic carbocycles. The van der Waals surface area contributed by atoms with Gasteiger partial charge in [-0.05, 0) is 26.7 Å². The zero-order chi connectivity index (χ0) is 10.4. The van der Waals surface area contributed by atoms with Gasteiger partial charge in [0, 0.05) is 19.3 Å². The van der Waals surface area contributed by atoms with E-state index < -0.39 is 0 Å². The molecule has 0 saturated carbocycles. The molecule has 4 heteroatoms. The van der Waals surface area contributed by atoms with Crippen LogP contribution in [0.15, 0.2) is 0 Å². The van der Waals surface area contributed by atoms with Crippen molar-refractivity contribution in [3.05, 3.63) is 0 Å². The zero-order valence-corrected chi connectivity index (χ0v) is 8.91. The van der Waals surface area contributed by atoms with E-state index in [4.69, 9.17) is 9.47 Å². The van der Waals surface area contributed by atoms with Crippen LogP contribution in [0.25, 0.3) is 0 Å². The summed E-state index contributed by atoms with van der Waals surface area (Å²) in [4.78, 5) is 11.3. The molecule has 1 amide bonds. The number of rotatable bonds is 4. The molecule has 0 aromatic heterocycles. The lowest BCUT2D eigenvalue weighted by molar-refractivity contribution is -0.128. The Balaban J connectivity index is 2.12. The molecule has 1 saturated heterocycles. The predicted octanol–water partition coefficient (Wildman–Crippen LogP) is 0.707.